The number of aryl methyl sites for hydroxylation is 1. The van der Waals surface area contributed by atoms with Gasteiger partial charge in [0.15, 0.2) is 5.82 Å². The summed E-state index contributed by atoms with van der Waals surface area (Å²) >= 11 is 0. The average molecular weight is 417 g/mol. The lowest BCUT2D eigenvalue weighted by atomic mass is 9.86. The summed E-state index contributed by atoms with van der Waals surface area (Å²) in [6.07, 6.45) is 3.81. The Bertz CT molecular complexity index is 906. The van der Waals surface area contributed by atoms with Gasteiger partial charge in [-0.25, -0.2) is 4.98 Å². The monoisotopic (exact) mass is 417 g/mol. The zero-order chi connectivity index (χ0) is 22.0. The number of aromatic nitrogens is 3. The summed E-state index contributed by atoms with van der Waals surface area (Å²) in [7, 11) is 1.69. The Morgan fingerprint density at radius 1 is 1.37 bits per heavy atom. The number of carbonyl (C=O) groups is 3. The van der Waals surface area contributed by atoms with Crippen LogP contribution in [0.25, 0.3) is 0 Å². The fraction of sp³-hybridized carbons (Fsp3) is 0.579. The molecule has 0 bridgehead atoms. The van der Waals surface area contributed by atoms with Crippen LogP contribution in [0.2, 0.25) is 0 Å². The maximum absolute atomic E-state index is 12.9. The summed E-state index contributed by atoms with van der Waals surface area (Å²) in [5.41, 5.74) is 5.02. The molecule has 30 heavy (non-hydrogen) atoms. The van der Waals surface area contributed by atoms with E-state index in [4.69, 9.17) is 11.1 Å². The summed E-state index contributed by atoms with van der Waals surface area (Å²) in [5.74, 6) is -2.64. The highest BCUT2D eigenvalue weighted by Gasteiger charge is 2.43. The van der Waals surface area contributed by atoms with E-state index in [2.05, 4.69) is 10.1 Å². The maximum atomic E-state index is 12.9. The first-order chi connectivity index (χ1) is 14.2. The van der Waals surface area contributed by atoms with E-state index in [-0.39, 0.29) is 36.6 Å². The number of rotatable bonds is 6. The van der Waals surface area contributed by atoms with Crippen LogP contribution in [0.1, 0.15) is 32.0 Å². The van der Waals surface area contributed by atoms with Gasteiger partial charge in [0, 0.05) is 20.0 Å². The van der Waals surface area contributed by atoms with Crippen molar-refractivity contribution in [1.29, 1.82) is 5.41 Å². The summed E-state index contributed by atoms with van der Waals surface area (Å²) in [6.45, 7) is 2.23. The molecule has 1 aromatic heterocycles. The van der Waals surface area contributed by atoms with Crippen LogP contribution in [0.5, 0.6) is 0 Å². The molecule has 0 saturated carbocycles. The van der Waals surface area contributed by atoms with Crippen molar-refractivity contribution >= 4 is 23.4 Å². The Kier molecular flexibility index (Phi) is 6.30. The molecule has 162 valence electrons. The van der Waals surface area contributed by atoms with E-state index in [1.807, 2.05) is 0 Å². The Labute approximate surface area is 174 Å². The second kappa shape index (κ2) is 8.74. The van der Waals surface area contributed by atoms with Crippen LogP contribution in [0.3, 0.4) is 0 Å². The van der Waals surface area contributed by atoms with Gasteiger partial charge in [-0.3, -0.25) is 28.9 Å². The highest BCUT2D eigenvalue weighted by Crippen LogP contribution is 2.26. The second-order valence-electron chi connectivity index (χ2n) is 7.60. The number of imide groups is 1. The van der Waals surface area contributed by atoms with Gasteiger partial charge >= 0.3 is 0 Å². The number of aliphatic hydroxyl groups is 1. The molecule has 4 N–H and O–H groups in total. The molecule has 0 radical (unpaired) electrons. The topological polar surface area (TPSA) is 158 Å². The van der Waals surface area contributed by atoms with Crippen LogP contribution >= 0.6 is 0 Å². The number of piperidine rings is 2. The number of likely N-dealkylation sites (N-methyl/N-ethyl adjacent to an activating group) is 1. The Morgan fingerprint density at radius 3 is 2.70 bits per heavy atom. The third-order valence-electron chi connectivity index (χ3n) is 5.57. The van der Waals surface area contributed by atoms with Gasteiger partial charge in [-0.15, -0.1) is 0 Å². The van der Waals surface area contributed by atoms with E-state index in [0.717, 1.165) is 17.7 Å². The van der Waals surface area contributed by atoms with Gasteiger partial charge < -0.3 is 16.2 Å². The van der Waals surface area contributed by atoms with Crippen molar-refractivity contribution in [3.63, 3.8) is 0 Å². The third-order valence-corrected chi connectivity index (χ3v) is 5.57. The number of carbonyl (C=O) groups excluding carboxylic acids is 3. The molecule has 2 aliphatic heterocycles. The number of nitrogens with two attached hydrogens (primary N) is 1. The molecule has 0 aromatic carbocycles. The van der Waals surface area contributed by atoms with Crippen molar-refractivity contribution in [3.8, 4) is 0 Å². The van der Waals surface area contributed by atoms with Crippen molar-refractivity contribution in [2.75, 3.05) is 19.6 Å². The normalized spacial score (nSPS) is 25.0. The molecule has 2 atom stereocenters. The fourth-order valence-corrected chi connectivity index (χ4v) is 4.04. The molecular formula is C19H27N7O4. The van der Waals surface area contributed by atoms with Crippen molar-refractivity contribution in [3.05, 3.63) is 23.5 Å². The van der Waals surface area contributed by atoms with Crippen LogP contribution in [-0.2, 0) is 27.9 Å². The van der Waals surface area contributed by atoms with Crippen molar-refractivity contribution in [1.82, 2.24) is 24.6 Å². The smallest absolute Gasteiger partial charge is 0.265 e. The van der Waals surface area contributed by atoms with Gasteiger partial charge in [-0.1, -0.05) is 6.42 Å². The summed E-state index contributed by atoms with van der Waals surface area (Å²) < 4.78 is 1.49. The molecule has 11 heteroatoms. The summed E-state index contributed by atoms with van der Waals surface area (Å²) in [4.78, 5) is 44.3. The molecule has 3 amide bonds. The minimum absolute atomic E-state index is 0.0483. The lowest BCUT2D eigenvalue weighted by molar-refractivity contribution is -0.144. The number of hydrogen-bond donors (Lipinski definition) is 3. The lowest BCUT2D eigenvalue weighted by Crippen LogP contribution is -2.53. The van der Waals surface area contributed by atoms with Crippen LogP contribution < -0.4 is 5.73 Å². The quantitative estimate of drug-likeness (QED) is 0.321. The molecule has 2 fully saturated rings. The zero-order valence-electron chi connectivity index (χ0n) is 17.2. The first-order valence-corrected chi connectivity index (χ1v) is 9.99. The van der Waals surface area contributed by atoms with Crippen LogP contribution in [-0.4, -0.2) is 78.8 Å². The van der Waals surface area contributed by atoms with Crippen molar-refractivity contribution in [2.45, 2.75) is 38.6 Å². The molecule has 1 unspecified atom stereocenters. The van der Waals surface area contributed by atoms with E-state index in [0.29, 0.717) is 18.8 Å². The summed E-state index contributed by atoms with van der Waals surface area (Å²) in [5, 5.41) is 23.5. The Hall–Kier alpha value is -3.08. The van der Waals surface area contributed by atoms with Gasteiger partial charge in [0.25, 0.3) is 5.91 Å². The van der Waals surface area contributed by atoms with Gasteiger partial charge in [0.05, 0.1) is 24.2 Å². The Balaban J connectivity index is 1.92. The lowest BCUT2D eigenvalue weighted by Gasteiger charge is -2.35. The molecule has 0 aliphatic carbocycles. The second-order valence-corrected chi connectivity index (χ2v) is 7.60. The van der Waals surface area contributed by atoms with E-state index in [1.165, 1.54) is 11.0 Å². The van der Waals surface area contributed by atoms with Crippen LogP contribution in [0, 0.1) is 11.3 Å². The van der Waals surface area contributed by atoms with Crippen molar-refractivity contribution < 1.29 is 19.5 Å². The minimum atomic E-state index is -0.976. The van der Waals surface area contributed by atoms with E-state index in [9.17, 15) is 19.5 Å². The number of amides is 3. The minimum Gasteiger partial charge on any atom is -0.510 e. The number of likely N-dealkylation sites (tertiary alicyclic amines) is 2. The zero-order valence-corrected chi connectivity index (χ0v) is 17.2. The number of hydrogen-bond acceptors (Lipinski definition) is 8. The van der Waals surface area contributed by atoms with Gasteiger partial charge in [0.1, 0.15) is 17.7 Å². The fourth-order valence-electron chi connectivity index (χ4n) is 4.04. The number of primary amides is 1. The molecule has 2 saturated heterocycles. The van der Waals surface area contributed by atoms with Gasteiger partial charge in [-0.05, 0) is 26.3 Å². The molecule has 1 aromatic rings. The predicted molar refractivity (Wildman–Crippen MR) is 106 cm³/mol. The number of aliphatic hydroxyl groups excluding tert-OH is 1. The van der Waals surface area contributed by atoms with Crippen LogP contribution in [0.15, 0.2) is 17.7 Å². The SMILES string of the molecule is CCN1C(=O)/C(=C(\O)CN2CCCC[C@@H]2C(N)=O)C(=N)C(Cc2ncn(C)n2)C1=O. The Morgan fingerprint density at radius 2 is 2.10 bits per heavy atom. The number of nitrogens with zero attached hydrogens (tertiary/aromatic N) is 5. The third kappa shape index (κ3) is 4.11. The van der Waals surface area contributed by atoms with E-state index in [1.54, 1.807) is 18.9 Å². The predicted octanol–water partition coefficient (Wildman–Crippen LogP) is -0.466. The molecule has 0 spiro atoms. The molecule has 3 rings (SSSR count). The summed E-state index contributed by atoms with van der Waals surface area (Å²) in [6, 6.07) is -0.535. The molecule has 3 heterocycles. The first kappa shape index (κ1) is 21.6. The maximum Gasteiger partial charge on any atom is 0.265 e. The average Bonchev–Trinajstić information content (AvgIpc) is 3.10. The standard InChI is InChI=1S/C19H27N7O4/c1-3-26-18(29)11(8-14-22-10-24(2)23-14)16(20)15(19(26)30)13(27)9-25-7-5-4-6-12(25)17(21)28/h10-12,20,27H,3-9H2,1-2H3,(H2,21,28)/b15-13-,20-16?/t11?,12-/m1/s1. The first-order valence-electron chi connectivity index (χ1n) is 9.99. The van der Waals surface area contributed by atoms with E-state index >= 15 is 0 Å². The van der Waals surface area contributed by atoms with Crippen molar-refractivity contribution in [2.24, 2.45) is 18.7 Å². The molecule has 2 aliphatic rings. The largest absolute Gasteiger partial charge is 0.510 e. The van der Waals surface area contributed by atoms with Crippen LogP contribution in [0.4, 0.5) is 0 Å². The highest BCUT2D eigenvalue weighted by atomic mass is 16.3. The molecular weight excluding hydrogens is 390 g/mol. The molecule has 11 nitrogen and oxygen atoms in total. The number of nitrogens with one attached hydrogen (secondary N) is 1. The van der Waals surface area contributed by atoms with Gasteiger partial charge in [0.2, 0.25) is 11.8 Å². The van der Waals surface area contributed by atoms with Gasteiger partial charge in [-0.2, -0.15) is 5.10 Å². The highest BCUT2D eigenvalue weighted by molar-refractivity contribution is 6.33. The van der Waals surface area contributed by atoms with E-state index < -0.39 is 29.7 Å².